The standard InChI is InChI=1S/C32H29F3/c1-3-4-6-11-26-16-17-27(19-29(26)33)32-30(34)20-28(21-31(32)35)25-14-12-23(13-15-25)18-22(2)24-9-7-5-8-10-24/h3-5,7-10,12-17,19-22H,6,11,18H2,1-2H3/b4-3+/t22-/m1/s1. The first kappa shape index (κ1) is 24.5. The van der Waals surface area contributed by atoms with Crippen LogP contribution < -0.4 is 0 Å². The third-order valence-electron chi connectivity index (χ3n) is 6.40. The van der Waals surface area contributed by atoms with E-state index in [2.05, 4.69) is 19.1 Å². The topological polar surface area (TPSA) is 0 Å². The van der Waals surface area contributed by atoms with Gasteiger partial charge in [0.15, 0.2) is 0 Å². The van der Waals surface area contributed by atoms with Crippen LogP contribution in [0.3, 0.4) is 0 Å². The van der Waals surface area contributed by atoms with Gasteiger partial charge in [-0.2, -0.15) is 0 Å². The average Bonchev–Trinajstić information content (AvgIpc) is 2.86. The molecule has 1 atom stereocenters. The molecular formula is C32H29F3. The zero-order valence-corrected chi connectivity index (χ0v) is 20.1. The highest BCUT2D eigenvalue weighted by atomic mass is 19.1. The van der Waals surface area contributed by atoms with Crippen LogP contribution in [0.5, 0.6) is 0 Å². The second-order valence-corrected chi connectivity index (χ2v) is 8.94. The van der Waals surface area contributed by atoms with Crippen molar-refractivity contribution in [2.75, 3.05) is 0 Å². The minimum atomic E-state index is -0.706. The minimum absolute atomic E-state index is 0.198. The molecule has 178 valence electrons. The Hall–Kier alpha value is -3.59. The Bertz CT molecular complexity index is 1280. The summed E-state index contributed by atoms with van der Waals surface area (Å²) in [5.41, 5.74) is 4.15. The maximum Gasteiger partial charge on any atom is 0.134 e. The number of hydrogen-bond acceptors (Lipinski definition) is 0. The quantitative estimate of drug-likeness (QED) is 0.225. The van der Waals surface area contributed by atoms with Crippen molar-refractivity contribution in [3.05, 3.63) is 131 Å². The average molecular weight is 471 g/mol. The molecule has 0 radical (unpaired) electrons. The molecule has 0 N–H and O–H groups in total. The van der Waals surface area contributed by atoms with Gasteiger partial charge >= 0.3 is 0 Å². The van der Waals surface area contributed by atoms with Crippen LogP contribution in [0.2, 0.25) is 0 Å². The van der Waals surface area contributed by atoms with E-state index in [0.717, 1.165) is 17.5 Å². The molecule has 0 aliphatic heterocycles. The molecule has 0 amide bonds. The SMILES string of the molecule is C/C=C/CCc1ccc(-c2c(F)cc(-c3ccc(C[C@@H](C)c4ccccc4)cc3)cc2F)cc1F. The molecule has 0 saturated carbocycles. The summed E-state index contributed by atoms with van der Waals surface area (Å²) in [6, 6.07) is 25.1. The Morgan fingerprint density at radius 2 is 1.34 bits per heavy atom. The molecule has 0 spiro atoms. The van der Waals surface area contributed by atoms with Crippen molar-refractivity contribution in [1.82, 2.24) is 0 Å². The van der Waals surface area contributed by atoms with Crippen molar-refractivity contribution < 1.29 is 13.2 Å². The smallest absolute Gasteiger partial charge is 0.134 e. The van der Waals surface area contributed by atoms with E-state index in [1.54, 1.807) is 12.1 Å². The van der Waals surface area contributed by atoms with Crippen LogP contribution in [0.4, 0.5) is 13.2 Å². The molecular weight excluding hydrogens is 441 g/mol. The fraction of sp³-hybridized carbons (Fsp3) is 0.188. The third kappa shape index (κ3) is 5.92. The van der Waals surface area contributed by atoms with Crippen LogP contribution in [0.15, 0.2) is 97.1 Å². The lowest BCUT2D eigenvalue weighted by Crippen LogP contribution is -1.98. The Morgan fingerprint density at radius 1 is 0.714 bits per heavy atom. The Labute approximate surface area is 205 Å². The van der Waals surface area contributed by atoms with Crippen molar-refractivity contribution in [3.63, 3.8) is 0 Å². The molecule has 4 rings (SSSR count). The van der Waals surface area contributed by atoms with Crippen molar-refractivity contribution >= 4 is 0 Å². The van der Waals surface area contributed by atoms with Crippen LogP contribution in [0.25, 0.3) is 22.3 Å². The number of rotatable bonds is 8. The van der Waals surface area contributed by atoms with Crippen molar-refractivity contribution in [1.29, 1.82) is 0 Å². The number of halogens is 3. The molecule has 0 fully saturated rings. The molecule has 4 aromatic carbocycles. The van der Waals surface area contributed by atoms with Gasteiger partial charge in [-0.25, -0.2) is 13.2 Å². The van der Waals surface area contributed by atoms with E-state index in [0.29, 0.717) is 29.9 Å². The van der Waals surface area contributed by atoms with E-state index in [4.69, 9.17) is 0 Å². The number of allylic oxidation sites excluding steroid dienone is 2. The Morgan fingerprint density at radius 3 is 1.97 bits per heavy atom. The summed E-state index contributed by atoms with van der Waals surface area (Å²) >= 11 is 0. The predicted molar refractivity (Wildman–Crippen MR) is 139 cm³/mol. The molecule has 0 aliphatic carbocycles. The van der Waals surface area contributed by atoms with Gasteiger partial charge in [0, 0.05) is 0 Å². The van der Waals surface area contributed by atoms with Crippen LogP contribution in [0.1, 0.15) is 42.9 Å². The van der Waals surface area contributed by atoms with Crippen molar-refractivity contribution in [2.24, 2.45) is 0 Å². The molecule has 0 aliphatic rings. The van der Waals surface area contributed by atoms with Crippen LogP contribution in [0, 0.1) is 17.5 Å². The van der Waals surface area contributed by atoms with Crippen LogP contribution in [-0.2, 0) is 12.8 Å². The fourth-order valence-corrected chi connectivity index (χ4v) is 4.41. The summed E-state index contributed by atoms with van der Waals surface area (Å²) in [6.07, 6.45) is 6.01. The van der Waals surface area contributed by atoms with E-state index < -0.39 is 17.5 Å². The highest BCUT2D eigenvalue weighted by Gasteiger charge is 2.16. The molecule has 3 heteroatoms. The first-order valence-corrected chi connectivity index (χ1v) is 12.0. The molecule has 0 nitrogen and oxygen atoms in total. The molecule has 35 heavy (non-hydrogen) atoms. The van der Waals surface area contributed by atoms with E-state index in [9.17, 15) is 4.39 Å². The molecule has 0 heterocycles. The number of aryl methyl sites for hydroxylation is 1. The van der Waals surface area contributed by atoms with Gasteiger partial charge in [-0.05, 0) is 83.7 Å². The Balaban J connectivity index is 1.53. The molecule has 0 unspecified atom stereocenters. The number of benzene rings is 4. The molecule has 0 aromatic heterocycles. The normalized spacial score (nSPS) is 12.3. The fourth-order valence-electron chi connectivity index (χ4n) is 4.41. The first-order chi connectivity index (χ1) is 17.0. The summed E-state index contributed by atoms with van der Waals surface area (Å²) in [5.74, 6) is -1.49. The van der Waals surface area contributed by atoms with Gasteiger partial charge in [0.2, 0.25) is 0 Å². The minimum Gasteiger partial charge on any atom is -0.207 e. The molecule has 4 aromatic rings. The van der Waals surface area contributed by atoms with Gasteiger partial charge in [-0.15, -0.1) is 0 Å². The maximum atomic E-state index is 15.0. The highest BCUT2D eigenvalue weighted by Crippen LogP contribution is 2.32. The van der Waals surface area contributed by atoms with E-state index in [1.165, 1.54) is 23.8 Å². The second-order valence-electron chi connectivity index (χ2n) is 8.94. The van der Waals surface area contributed by atoms with Gasteiger partial charge in [0.05, 0.1) is 5.56 Å². The molecule has 0 bridgehead atoms. The van der Waals surface area contributed by atoms with Crippen LogP contribution in [-0.4, -0.2) is 0 Å². The second kappa shape index (κ2) is 11.2. The van der Waals surface area contributed by atoms with Crippen LogP contribution >= 0.6 is 0 Å². The lowest BCUT2D eigenvalue weighted by Gasteiger charge is -2.13. The Kier molecular flexibility index (Phi) is 7.87. The molecule has 0 saturated heterocycles. The van der Waals surface area contributed by atoms with Gasteiger partial charge in [-0.1, -0.05) is 85.8 Å². The summed E-state index contributed by atoms with van der Waals surface area (Å²) in [6.45, 7) is 4.10. The van der Waals surface area contributed by atoms with Gasteiger partial charge in [0.1, 0.15) is 17.5 Å². The summed E-state index contributed by atoms with van der Waals surface area (Å²) in [5, 5.41) is 0. The monoisotopic (exact) mass is 470 g/mol. The lowest BCUT2D eigenvalue weighted by molar-refractivity contribution is 0.588. The summed E-state index contributed by atoms with van der Waals surface area (Å²) in [7, 11) is 0. The largest absolute Gasteiger partial charge is 0.207 e. The predicted octanol–water partition coefficient (Wildman–Crippen LogP) is 9.29. The van der Waals surface area contributed by atoms with E-state index >= 15 is 8.78 Å². The van der Waals surface area contributed by atoms with Crippen molar-refractivity contribution in [2.45, 2.75) is 39.0 Å². The first-order valence-electron chi connectivity index (χ1n) is 12.0. The van der Waals surface area contributed by atoms with Crippen molar-refractivity contribution in [3.8, 4) is 22.3 Å². The third-order valence-corrected chi connectivity index (χ3v) is 6.40. The van der Waals surface area contributed by atoms with E-state index in [1.807, 2.05) is 61.5 Å². The summed E-state index contributed by atoms with van der Waals surface area (Å²) in [4.78, 5) is 0. The highest BCUT2D eigenvalue weighted by molar-refractivity contribution is 5.72. The van der Waals surface area contributed by atoms with Gasteiger partial charge in [-0.3, -0.25) is 0 Å². The van der Waals surface area contributed by atoms with E-state index in [-0.39, 0.29) is 11.1 Å². The van der Waals surface area contributed by atoms with Gasteiger partial charge in [0.25, 0.3) is 0 Å². The maximum absolute atomic E-state index is 15.0. The van der Waals surface area contributed by atoms with Gasteiger partial charge < -0.3 is 0 Å². The zero-order chi connectivity index (χ0) is 24.8. The summed E-state index contributed by atoms with van der Waals surface area (Å²) < 4.78 is 44.6. The zero-order valence-electron chi connectivity index (χ0n) is 20.1. The number of hydrogen-bond donors (Lipinski definition) is 0. The lowest BCUT2D eigenvalue weighted by atomic mass is 9.92.